The van der Waals surface area contributed by atoms with Crippen molar-refractivity contribution in [2.24, 2.45) is 11.8 Å². The van der Waals surface area contributed by atoms with Gasteiger partial charge in [-0.1, -0.05) is 30.7 Å². The molecule has 2 fully saturated rings. The number of nitrogens with one attached hydrogen (secondary N) is 1. The second-order valence-corrected chi connectivity index (χ2v) is 10.7. The van der Waals surface area contributed by atoms with Crippen molar-refractivity contribution < 1.29 is 28.6 Å². The first-order valence-electron chi connectivity index (χ1n) is 13.0. The molecule has 9 nitrogen and oxygen atoms in total. The molecule has 1 saturated carbocycles. The number of ether oxygens (including phenoxy) is 1. The zero-order chi connectivity index (χ0) is 28.0. The highest BCUT2D eigenvalue weighted by Crippen LogP contribution is 2.43. The van der Waals surface area contributed by atoms with Gasteiger partial charge in [0.15, 0.2) is 0 Å². The number of aromatic carboxylic acids is 1. The number of hydrogen-bond donors (Lipinski definition) is 2. The van der Waals surface area contributed by atoms with Gasteiger partial charge in [-0.05, 0) is 43.4 Å². The fourth-order valence-corrected chi connectivity index (χ4v) is 5.59. The number of aromatic nitrogens is 2. The Labute approximate surface area is 230 Å². The molecule has 206 valence electrons. The number of allylic oxidation sites excluding steroid dienone is 3. The van der Waals surface area contributed by atoms with E-state index in [4.69, 9.17) is 16.3 Å². The second kappa shape index (κ2) is 10.6. The van der Waals surface area contributed by atoms with E-state index in [0.717, 1.165) is 24.5 Å². The molecule has 1 atom stereocenters. The molecule has 1 amide bonds. The summed E-state index contributed by atoms with van der Waals surface area (Å²) in [5.41, 5.74) is 2.06. The lowest BCUT2D eigenvalue weighted by atomic mass is 9.93. The largest absolute Gasteiger partial charge is 0.478 e. The van der Waals surface area contributed by atoms with Gasteiger partial charge in [-0.2, -0.15) is 9.78 Å². The van der Waals surface area contributed by atoms with Gasteiger partial charge in [-0.25, -0.2) is 9.18 Å². The number of carboxylic acid groups (broad SMARTS) is 1. The summed E-state index contributed by atoms with van der Waals surface area (Å²) >= 11 is 6.37. The van der Waals surface area contributed by atoms with Crippen LogP contribution in [0.15, 0.2) is 41.0 Å². The maximum atomic E-state index is 15.2. The molecule has 1 unspecified atom stereocenters. The Kier molecular flexibility index (Phi) is 7.35. The molecule has 2 N–H and O–H groups in total. The van der Waals surface area contributed by atoms with Crippen LogP contribution in [0.5, 0.6) is 0 Å². The van der Waals surface area contributed by atoms with E-state index >= 15 is 4.39 Å². The maximum Gasteiger partial charge on any atom is 0.335 e. The lowest BCUT2D eigenvalue weighted by Gasteiger charge is -2.40. The quantitative estimate of drug-likeness (QED) is 0.367. The zero-order valence-corrected chi connectivity index (χ0v) is 22.6. The molecule has 3 aliphatic rings. The van der Waals surface area contributed by atoms with E-state index in [-0.39, 0.29) is 52.7 Å². The minimum Gasteiger partial charge on any atom is -0.478 e. The van der Waals surface area contributed by atoms with Crippen molar-refractivity contribution in [1.29, 1.82) is 0 Å². The number of fused-ring (bicyclic) bond motifs is 1. The number of carbonyl (C=O) groups is 3. The summed E-state index contributed by atoms with van der Waals surface area (Å²) in [4.78, 5) is 40.3. The number of carboxylic acids is 1. The van der Waals surface area contributed by atoms with Crippen molar-refractivity contribution in [3.8, 4) is 11.3 Å². The van der Waals surface area contributed by atoms with Crippen LogP contribution in [0.25, 0.3) is 11.3 Å². The number of amides is 1. The number of benzene rings is 1. The SMILES string of the molecule is C=C(Cl)/C(C(=O)n1nc(-c2ccc(C(=O)O)cc2F)c2c1CC(C(=O)N1CC(OC)C1)CN2)=C(\CC)C1CC1. The molecule has 39 heavy (non-hydrogen) atoms. The number of rotatable bonds is 8. The average molecular weight is 557 g/mol. The van der Waals surface area contributed by atoms with Crippen LogP contribution in [0.3, 0.4) is 0 Å². The molecule has 2 aliphatic heterocycles. The van der Waals surface area contributed by atoms with Crippen LogP contribution in [0, 0.1) is 17.7 Å². The number of carbonyl (C=O) groups excluding carboxylic acids is 2. The minimum absolute atomic E-state index is 0.00818. The Morgan fingerprint density at radius 2 is 1.97 bits per heavy atom. The fraction of sp³-hybridized carbons (Fsp3) is 0.429. The third-order valence-corrected chi connectivity index (χ3v) is 7.90. The number of nitrogens with zero attached hydrogens (tertiary/aromatic N) is 3. The van der Waals surface area contributed by atoms with E-state index in [1.54, 1.807) is 12.0 Å². The summed E-state index contributed by atoms with van der Waals surface area (Å²) in [5, 5.41) is 17.1. The summed E-state index contributed by atoms with van der Waals surface area (Å²) in [5.74, 6) is -2.81. The number of hydrogen-bond acceptors (Lipinski definition) is 6. The predicted octanol–water partition coefficient (Wildman–Crippen LogP) is 4.34. The third kappa shape index (κ3) is 4.98. The molecular weight excluding hydrogens is 527 g/mol. The summed E-state index contributed by atoms with van der Waals surface area (Å²) in [7, 11) is 1.61. The topological polar surface area (TPSA) is 114 Å². The van der Waals surface area contributed by atoms with Crippen molar-refractivity contribution in [3.05, 3.63) is 58.0 Å². The van der Waals surface area contributed by atoms with E-state index in [0.29, 0.717) is 36.5 Å². The highest BCUT2D eigenvalue weighted by atomic mass is 35.5. The monoisotopic (exact) mass is 556 g/mol. The van der Waals surface area contributed by atoms with Crippen LogP contribution < -0.4 is 5.32 Å². The Morgan fingerprint density at radius 3 is 2.54 bits per heavy atom. The molecule has 0 radical (unpaired) electrons. The lowest BCUT2D eigenvalue weighted by Crippen LogP contribution is -2.57. The summed E-state index contributed by atoms with van der Waals surface area (Å²) in [6, 6.07) is 3.54. The Hall–Kier alpha value is -3.50. The van der Waals surface area contributed by atoms with E-state index in [2.05, 4.69) is 17.0 Å². The molecule has 0 spiro atoms. The molecule has 1 aliphatic carbocycles. The third-order valence-electron chi connectivity index (χ3n) is 7.71. The highest BCUT2D eigenvalue weighted by Gasteiger charge is 2.39. The maximum absolute atomic E-state index is 15.2. The van der Waals surface area contributed by atoms with Crippen LogP contribution in [0.1, 0.15) is 47.0 Å². The molecular formula is C28H30ClFN4O5. The molecule has 0 bridgehead atoms. The molecule has 1 aromatic carbocycles. The average Bonchev–Trinajstić information content (AvgIpc) is 3.65. The van der Waals surface area contributed by atoms with Gasteiger partial charge < -0.3 is 20.1 Å². The first-order valence-corrected chi connectivity index (χ1v) is 13.3. The van der Waals surface area contributed by atoms with Crippen LogP contribution in [0.4, 0.5) is 10.1 Å². The van der Waals surface area contributed by atoms with Crippen LogP contribution in [0.2, 0.25) is 0 Å². The Bertz CT molecular complexity index is 1410. The van der Waals surface area contributed by atoms with Gasteiger partial charge in [-0.15, -0.1) is 0 Å². The minimum atomic E-state index is -1.26. The lowest BCUT2D eigenvalue weighted by molar-refractivity contribution is -0.147. The molecule has 11 heteroatoms. The van der Waals surface area contributed by atoms with E-state index in [1.165, 1.54) is 16.8 Å². The van der Waals surface area contributed by atoms with Gasteiger partial charge in [0, 0.05) is 43.8 Å². The van der Waals surface area contributed by atoms with Crippen LogP contribution in [-0.2, 0) is 16.0 Å². The first kappa shape index (κ1) is 27.1. The van der Waals surface area contributed by atoms with Crippen molar-refractivity contribution >= 4 is 35.1 Å². The smallest absolute Gasteiger partial charge is 0.335 e. The zero-order valence-electron chi connectivity index (χ0n) is 21.8. The van der Waals surface area contributed by atoms with Crippen molar-refractivity contribution in [2.75, 3.05) is 32.1 Å². The standard InChI is InChI=1S/C28H30ClFN4O5/c1-4-19(15-5-6-15)23(14(2)29)27(36)34-22-10-17(26(35)33-12-18(13-33)39-3)11-31-25(22)24(32-34)20-8-7-16(28(37)38)9-21(20)30/h7-9,15,17-18,31H,2,4-6,10-13H2,1,3H3,(H,37,38)/b23-19-. The summed E-state index contributed by atoms with van der Waals surface area (Å²) < 4.78 is 21.6. The van der Waals surface area contributed by atoms with Crippen molar-refractivity contribution in [3.63, 3.8) is 0 Å². The van der Waals surface area contributed by atoms with Gasteiger partial charge in [0.1, 0.15) is 11.5 Å². The van der Waals surface area contributed by atoms with Gasteiger partial charge in [-0.3, -0.25) is 9.59 Å². The molecule has 5 rings (SSSR count). The number of methoxy groups -OCH3 is 1. The van der Waals surface area contributed by atoms with Gasteiger partial charge in [0.25, 0.3) is 5.91 Å². The Balaban J connectivity index is 1.58. The van der Waals surface area contributed by atoms with Gasteiger partial charge in [0.05, 0.1) is 34.5 Å². The number of anilines is 1. The van der Waals surface area contributed by atoms with Gasteiger partial charge >= 0.3 is 5.97 Å². The van der Waals surface area contributed by atoms with Crippen LogP contribution in [-0.4, -0.2) is 70.4 Å². The van der Waals surface area contributed by atoms with E-state index in [1.807, 2.05) is 6.92 Å². The normalized spacial score (nSPS) is 19.5. The Morgan fingerprint density at radius 1 is 1.26 bits per heavy atom. The summed E-state index contributed by atoms with van der Waals surface area (Å²) in [6.07, 6.45) is 2.76. The number of likely N-dealkylation sites (tertiary alicyclic amines) is 1. The summed E-state index contributed by atoms with van der Waals surface area (Å²) in [6.45, 7) is 7.08. The molecule has 1 aromatic heterocycles. The number of halogens is 2. The van der Waals surface area contributed by atoms with Crippen molar-refractivity contribution in [1.82, 2.24) is 14.7 Å². The molecule has 3 heterocycles. The second-order valence-electron chi connectivity index (χ2n) is 10.2. The first-order chi connectivity index (χ1) is 18.6. The highest BCUT2D eigenvalue weighted by molar-refractivity contribution is 6.35. The van der Waals surface area contributed by atoms with E-state index in [9.17, 15) is 19.5 Å². The van der Waals surface area contributed by atoms with Crippen LogP contribution >= 0.6 is 11.6 Å². The molecule has 2 aromatic rings. The van der Waals surface area contributed by atoms with E-state index < -0.39 is 23.6 Å². The van der Waals surface area contributed by atoms with Gasteiger partial charge in [0.2, 0.25) is 5.91 Å². The predicted molar refractivity (Wildman–Crippen MR) is 143 cm³/mol. The fourth-order valence-electron chi connectivity index (χ4n) is 5.39. The molecule has 1 saturated heterocycles. The van der Waals surface area contributed by atoms with Crippen molar-refractivity contribution in [2.45, 2.75) is 38.7 Å².